The van der Waals surface area contributed by atoms with E-state index in [2.05, 4.69) is 6.92 Å². The molecule has 0 spiro atoms. The van der Waals surface area contributed by atoms with E-state index in [0.717, 1.165) is 38.5 Å². The van der Waals surface area contributed by atoms with Gasteiger partial charge in [0.15, 0.2) is 0 Å². The SMILES string of the molecule is CCCCCC(O)C=C[C@H]1CCC(=O)[C@@H]1CC=CCCCC(=O)O. The highest BCUT2D eigenvalue weighted by molar-refractivity contribution is 5.83. The maximum atomic E-state index is 12.0. The number of aliphatic hydroxyl groups excluding tert-OH is 1. The second-order valence-electron chi connectivity index (χ2n) is 6.72. The summed E-state index contributed by atoms with van der Waals surface area (Å²) in [6, 6.07) is 0. The molecular weight excluding hydrogens is 304 g/mol. The van der Waals surface area contributed by atoms with Crippen molar-refractivity contribution >= 4 is 11.8 Å². The van der Waals surface area contributed by atoms with Crippen LogP contribution in [0.3, 0.4) is 0 Å². The molecule has 3 atom stereocenters. The number of ketones is 1. The number of rotatable bonds is 12. The van der Waals surface area contributed by atoms with Crippen molar-refractivity contribution < 1.29 is 19.8 Å². The van der Waals surface area contributed by atoms with Gasteiger partial charge >= 0.3 is 5.97 Å². The monoisotopic (exact) mass is 336 g/mol. The Bertz CT molecular complexity index is 439. The van der Waals surface area contributed by atoms with E-state index in [-0.39, 0.29) is 18.3 Å². The van der Waals surface area contributed by atoms with E-state index < -0.39 is 12.1 Å². The van der Waals surface area contributed by atoms with E-state index in [0.29, 0.717) is 25.0 Å². The number of hydrogen-bond donors (Lipinski definition) is 2. The largest absolute Gasteiger partial charge is 0.481 e. The number of carbonyl (C=O) groups is 2. The highest BCUT2D eigenvalue weighted by Crippen LogP contribution is 2.33. The van der Waals surface area contributed by atoms with Gasteiger partial charge in [0.1, 0.15) is 5.78 Å². The topological polar surface area (TPSA) is 74.6 Å². The fourth-order valence-electron chi connectivity index (χ4n) is 3.17. The van der Waals surface area contributed by atoms with Crippen LogP contribution >= 0.6 is 0 Å². The Labute approximate surface area is 145 Å². The summed E-state index contributed by atoms with van der Waals surface area (Å²) in [6.07, 6.45) is 15.4. The van der Waals surface area contributed by atoms with Crippen molar-refractivity contribution in [1.29, 1.82) is 0 Å². The van der Waals surface area contributed by atoms with E-state index >= 15 is 0 Å². The van der Waals surface area contributed by atoms with Gasteiger partial charge in [0, 0.05) is 18.8 Å². The molecule has 2 N–H and O–H groups in total. The summed E-state index contributed by atoms with van der Waals surface area (Å²) >= 11 is 0. The minimum absolute atomic E-state index is 0.0137. The first kappa shape index (κ1) is 20.6. The molecule has 1 rings (SSSR count). The van der Waals surface area contributed by atoms with Gasteiger partial charge in [0.25, 0.3) is 0 Å². The van der Waals surface area contributed by atoms with E-state index in [1.165, 1.54) is 0 Å². The highest BCUT2D eigenvalue weighted by Gasteiger charge is 2.31. The first-order chi connectivity index (χ1) is 11.5. The van der Waals surface area contributed by atoms with Crippen LogP contribution in [-0.4, -0.2) is 28.1 Å². The lowest BCUT2D eigenvalue weighted by Crippen LogP contribution is -2.13. The lowest BCUT2D eigenvalue weighted by Gasteiger charge is -2.13. The third kappa shape index (κ3) is 8.44. The molecule has 0 heterocycles. The molecule has 4 nitrogen and oxygen atoms in total. The van der Waals surface area contributed by atoms with Crippen LogP contribution in [0.25, 0.3) is 0 Å². The van der Waals surface area contributed by atoms with Gasteiger partial charge in [-0.3, -0.25) is 9.59 Å². The van der Waals surface area contributed by atoms with Crippen molar-refractivity contribution in [1.82, 2.24) is 0 Å². The molecule has 1 unspecified atom stereocenters. The van der Waals surface area contributed by atoms with E-state index in [1.54, 1.807) is 0 Å². The molecule has 1 fully saturated rings. The van der Waals surface area contributed by atoms with Crippen LogP contribution in [0.15, 0.2) is 24.3 Å². The second-order valence-corrected chi connectivity index (χ2v) is 6.72. The molecule has 0 radical (unpaired) electrons. The Kier molecular flexibility index (Phi) is 10.3. The van der Waals surface area contributed by atoms with Gasteiger partial charge in [-0.25, -0.2) is 0 Å². The lowest BCUT2D eigenvalue weighted by atomic mass is 9.91. The van der Waals surface area contributed by atoms with Crippen molar-refractivity contribution in [2.75, 3.05) is 0 Å². The van der Waals surface area contributed by atoms with E-state index in [4.69, 9.17) is 5.11 Å². The summed E-state index contributed by atoms with van der Waals surface area (Å²) in [4.78, 5) is 22.5. The zero-order valence-electron chi connectivity index (χ0n) is 14.8. The standard InChI is InChI=1S/C20H32O4/c1-2-3-6-9-17(21)14-12-16-13-15-19(22)18(16)10-7-4-5-8-11-20(23)24/h4,7,12,14,16-18,21H,2-3,5-6,8-11,13,15H2,1H3,(H,23,24)/t16-,17?,18+/m0/s1. The van der Waals surface area contributed by atoms with Crippen LogP contribution in [-0.2, 0) is 9.59 Å². The molecule has 0 amide bonds. The normalized spacial score (nSPS) is 22.7. The summed E-state index contributed by atoms with van der Waals surface area (Å²) in [5.41, 5.74) is 0. The first-order valence-corrected chi connectivity index (χ1v) is 9.30. The van der Waals surface area contributed by atoms with Crippen LogP contribution in [0.4, 0.5) is 0 Å². The summed E-state index contributed by atoms with van der Waals surface area (Å²) in [5, 5.41) is 18.6. The zero-order chi connectivity index (χ0) is 17.8. The molecule has 136 valence electrons. The van der Waals surface area contributed by atoms with Crippen LogP contribution in [0.5, 0.6) is 0 Å². The summed E-state index contributed by atoms with van der Waals surface area (Å²) in [7, 11) is 0. The molecule has 1 aliphatic rings. The minimum atomic E-state index is -0.767. The quantitative estimate of drug-likeness (QED) is 0.412. The van der Waals surface area contributed by atoms with Crippen LogP contribution in [0, 0.1) is 11.8 Å². The number of aliphatic carboxylic acids is 1. The Hall–Kier alpha value is -1.42. The van der Waals surface area contributed by atoms with Crippen molar-refractivity contribution in [3.63, 3.8) is 0 Å². The molecule has 0 aromatic carbocycles. The van der Waals surface area contributed by atoms with Gasteiger partial charge in [0.2, 0.25) is 0 Å². The van der Waals surface area contributed by atoms with Crippen LogP contribution in [0.1, 0.15) is 71.1 Å². The number of carboxylic acids is 1. The van der Waals surface area contributed by atoms with Crippen molar-refractivity contribution in [2.45, 2.75) is 77.2 Å². The average Bonchev–Trinajstić information content (AvgIpc) is 2.89. The fraction of sp³-hybridized carbons (Fsp3) is 0.700. The van der Waals surface area contributed by atoms with Gasteiger partial charge < -0.3 is 10.2 Å². The average molecular weight is 336 g/mol. The Morgan fingerprint density at radius 1 is 1.29 bits per heavy atom. The van der Waals surface area contributed by atoms with Gasteiger partial charge in [-0.1, -0.05) is 50.5 Å². The maximum Gasteiger partial charge on any atom is 0.303 e. The van der Waals surface area contributed by atoms with Gasteiger partial charge in [-0.2, -0.15) is 0 Å². The number of unbranched alkanes of at least 4 members (excludes halogenated alkanes) is 3. The van der Waals surface area contributed by atoms with Gasteiger partial charge in [-0.05, 0) is 38.0 Å². The third-order valence-electron chi connectivity index (χ3n) is 4.66. The number of aliphatic hydroxyl groups is 1. The van der Waals surface area contributed by atoms with Crippen molar-refractivity contribution in [3.8, 4) is 0 Å². The van der Waals surface area contributed by atoms with Crippen molar-refractivity contribution in [3.05, 3.63) is 24.3 Å². The van der Waals surface area contributed by atoms with Gasteiger partial charge in [-0.15, -0.1) is 0 Å². The maximum absolute atomic E-state index is 12.0. The summed E-state index contributed by atoms with van der Waals surface area (Å²) in [5.74, 6) is -0.223. The molecule has 0 aromatic rings. The van der Waals surface area contributed by atoms with Crippen molar-refractivity contribution in [2.24, 2.45) is 11.8 Å². The van der Waals surface area contributed by atoms with Gasteiger partial charge in [0.05, 0.1) is 6.10 Å². The predicted octanol–water partition coefficient (Wildman–Crippen LogP) is 4.28. The molecule has 0 bridgehead atoms. The fourth-order valence-corrected chi connectivity index (χ4v) is 3.17. The van der Waals surface area contributed by atoms with Crippen LogP contribution in [0.2, 0.25) is 0 Å². The third-order valence-corrected chi connectivity index (χ3v) is 4.66. The first-order valence-electron chi connectivity index (χ1n) is 9.30. The van der Waals surface area contributed by atoms with Crippen LogP contribution < -0.4 is 0 Å². The van der Waals surface area contributed by atoms with E-state index in [9.17, 15) is 14.7 Å². The zero-order valence-corrected chi connectivity index (χ0v) is 14.8. The summed E-state index contributed by atoms with van der Waals surface area (Å²) < 4.78 is 0. The molecule has 1 saturated carbocycles. The molecular formula is C20H32O4. The highest BCUT2D eigenvalue weighted by atomic mass is 16.4. The Morgan fingerprint density at radius 2 is 2.08 bits per heavy atom. The lowest BCUT2D eigenvalue weighted by molar-refractivity contribution is -0.137. The minimum Gasteiger partial charge on any atom is -0.481 e. The number of hydrogen-bond acceptors (Lipinski definition) is 3. The molecule has 0 saturated heterocycles. The molecule has 4 heteroatoms. The van der Waals surface area contributed by atoms with E-state index in [1.807, 2.05) is 24.3 Å². The molecule has 24 heavy (non-hydrogen) atoms. The molecule has 0 aliphatic heterocycles. The molecule has 0 aromatic heterocycles. The Balaban J connectivity index is 2.37. The number of carboxylic acid groups (broad SMARTS) is 1. The number of Topliss-reactive ketones (excluding diaryl/α,β-unsaturated/α-hetero) is 1. The number of allylic oxidation sites excluding steroid dienone is 3. The number of carbonyl (C=O) groups excluding carboxylic acids is 1. The Morgan fingerprint density at radius 3 is 2.79 bits per heavy atom. The smallest absolute Gasteiger partial charge is 0.303 e. The molecule has 1 aliphatic carbocycles. The predicted molar refractivity (Wildman–Crippen MR) is 95.8 cm³/mol. The summed E-state index contributed by atoms with van der Waals surface area (Å²) in [6.45, 7) is 2.14. The second kappa shape index (κ2) is 12.0.